The van der Waals surface area contributed by atoms with Crippen LogP contribution in [0, 0.1) is 12.8 Å². The third-order valence-corrected chi connectivity index (χ3v) is 6.47. The van der Waals surface area contributed by atoms with Crippen LogP contribution < -0.4 is 10.1 Å². The number of rotatable bonds is 8. The van der Waals surface area contributed by atoms with E-state index >= 15 is 0 Å². The summed E-state index contributed by atoms with van der Waals surface area (Å²) >= 11 is 1.60. The molecule has 0 spiro atoms. The highest BCUT2D eigenvalue weighted by Crippen LogP contribution is 2.22. The van der Waals surface area contributed by atoms with Gasteiger partial charge in [-0.25, -0.2) is 4.98 Å². The Hall–Kier alpha value is -2.00. The predicted molar refractivity (Wildman–Crippen MR) is 115 cm³/mol. The summed E-state index contributed by atoms with van der Waals surface area (Å²) in [6.07, 6.45) is 1.04. The van der Waals surface area contributed by atoms with Gasteiger partial charge in [0.15, 0.2) is 0 Å². The van der Waals surface area contributed by atoms with E-state index in [1.54, 1.807) is 17.4 Å². The van der Waals surface area contributed by atoms with E-state index in [9.17, 15) is 4.79 Å². The average molecular weight is 432 g/mol. The molecule has 4 rings (SSSR count). The number of carbonyl (C=O) groups excluding carboxylic acids is 1. The molecule has 2 fully saturated rings. The number of thiazole rings is 1. The molecule has 3 heterocycles. The molecule has 1 aromatic carbocycles. The molecule has 2 saturated heterocycles. The topological polar surface area (TPSA) is 72.9 Å². The number of hydrogen-bond acceptors (Lipinski definition) is 7. The SMILES string of the molecule is Cc1nc(COc2cccc(C(=O)NCC(C3CCOC3)N3CCOCC3)c2)cs1. The van der Waals surface area contributed by atoms with Crippen molar-refractivity contribution >= 4 is 17.2 Å². The zero-order valence-corrected chi connectivity index (χ0v) is 18.2. The first-order chi connectivity index (χ1) is 14.7. The van der Waals surface area contributed by atoms with Gasteiger partial charge in [0, 0.05) is 49.1 Å². The van der Waals surface area contributed by atoms with Gasteiger partial charge < -0.3 is 19.5 Å². The third-order valence-electron chi connectivity index (χ3n) is 5.65. The van der Waals surface area contributed by atoms with E-state index in [2.05, 4.69) is 15.2 Å². The van der Waals surface area contributed by atoms with Crippen LogP contribution in [0.5, 0.6) is 5.75 Å². The maximum absolute atomic E-state index is 12.8. The van der Waals surface area contributed by atoms with E-state index in [1.165, 1.54) is 0 Å². The summed E-state index contributed by atoms with van der Waals surface area (Å²) in [5, 5.41) is 6.14. The molecule has 1 aromatic heterocycles. The fourth-order valence-corrected chi connectivity index (χ4v) is 4.61. The average Bonchev–Trinajstić information content (AvgIpc) is 3.45. The summed E-state index contributed by atoms with van der Waals surface area (Å²) in [5.74, 6) is 1.03. The molecule has 2 aliphatic rings. The van der Waals surface area contributed by atoms with Crippen LogP contribution in [0.3, 0.4) is 0 Å². The van der Waals surface area contributed by atoms with E-state index in [1.807, 2.05) is 30.5 Å². The zero-order chi connectivity index (χ0) is 20.8. The van der Waals surface area contributed by atoms with Crippen LogP contribution in [-0.2, 0) is 16.1 Å². The van der Waals surface area contributed by atoms with Crippen molar-refractivity contribution in [1.82, 2.24) is 15.2 Å². The Kier molecular flexibility index (Phi) is 7.33. The lowest BCUT2D eigenvalue weighted by atomic mass is 9.96. The van der Waals surface area contributed by atoms with Crippen LogP contribution in [0.1, 0.15) is 27.5 Å². The Labute approximate surface area is 181 Å². The number of aryl methyl sites for hydroxylation is 1. The number of morpholine rings is 1. The molecule has 162 valence electrons. The van der Waals surface area contributed by atoms with Gasteiger partial charge in [0.25, 0.3) is 5.91 Å². The predicted octanol–water partition coefficient (Wildman–Crippen LogP) is 2.50. The van der Waals surface area contributed by atoms with Crippen molar-refractivity contribution in [2.24, 2.45) is 5.92 Å². The van der Waals surface area contributed by atoms with Gasteiger partial charge in [0.2, 0.25) is 0 Å². The second-order valence-electron chi connectivity index (χ2n) is 7.72. The molecule has 0 radical (unpaired) electrons. The van der Waals surface area contributed by atoms with Crippen molar-refractivity contribution in [2.45, 2.75) is 26.0 Å². The van der Waals surface area contributed by atoms with Crippen LogP contribution in [0.4, 0.5) is 0 Å². The van der Waals surface area contributed by atoms with E-state index in [-0.39, 0.29) is 11.9 Å². The number of amides is 1. The highest BCUT2D eigenvalue weighted by Gasteiger charge is 2.31. The van der Waals surface area contributed by atoms with Crippen LogP contribution in [0.25, 0.3) is 0 Å². The standard InChI is InChI=1S/C22H29N3O4S/c1-16-24-19(15-30-16)14-29-20-4-2-3-17(11-20)22(26)23-12-21(18-5-8-28-13-18)25-6-9-27-10-7-25/h2-4,11,15,18,21H,5-10,12-14H2,1H3,(H,23,26). The Balaban J connectivity index is 1.34. The number of nitrogens with zero attached hydrogens (tertiary/aromatic N) is 2. The number of benzene rings is 1. The lowest BCUT2D eigenvalue weighted by molar-refractivity contribution is 0.00166. The third kappa shape index (κ3) is 5.57. The molecule has 0 bridgehead atoms. The van der Waals surface area contributed by atoms with Crippen molar-refractivity contribution in [3.8, 4) is 5.75 Å². The van der Waals surface area contributed by atoms with Crippen molar-refractivity contribution < 1.29 is 19.0 Å². The van der Waals surface area contributed by atoms with Gasteiger partial charge in [-0.05, 0) is 31.5 Å². The maximum Gasteiger partial charge on any atom is 0.251 e. The Morgan fingerprint density at radius 3 is 2.93 bits per heavy atom. The molecule has 2 unspecified atom stereocenters. The Morgan fingerprint density at radius 1 is 1.33 bits per heavy atom. The highest BCUT2D eigenvalue weighted by molar-refractivity contribution is 7.09. The van der Waals surface area contributed by atoms with Crippen LogP contribution >= 0.6 is 11.3 Å². The van der Waals surface area contributed by atoms with Crippen LogP contribution in [0.2, 0.25) is 0 Å². The van der Waals surface area contributed by atoms with Gasteiger partial charge in [-0.2, -0.15) is 0 Å². The number of aromatic nitrogens is 1. The molecule has 30 heavy (non-hydrogen) atoms. The van der Waals surface area contributed by atoms with Crippen LogP contribution in [-0.4, -0.2) is 67.9 Å². The molecule has 7 nitrogen and oxygen atoms in total. The fourth-order valence-electron chi connectivity index (χ4n) is 4.02. The number of carbonyl (C=O) groups is 1. The smallest absolute Gasteiger partial charge is 0.251 e. The quantitative estimate of drug-likeness (QED) is 0.692. The lowest BCUT2D eigenvalue weighted by Crippen LogP contribution is -2.52. The molecular formula is C22H29N3O4S. The van der Waals surface area contributed by atoms with Gasteiger partial charge in [0.1, 0.15) is 12.4 Å². The highest BCUT2D eigenvalue weighted by atomic mass is 32.1. The van der Waals surface area contributed by atoms with Crippen LogP contribution in [0.15, 0.2) is 29.6 Å². The summed E-state index contributed by atoms with van der Waals surface area (Å²) in [4.78, 5) is 19.7. The minimum Gasteiger partial charge on any atom is -0.487 e. The summed E-state index contributed by atoms with van der Waals surface area (Å²) in [6.45, 7) is 7.83. The first-order valence-electron chi connectivity index (χ1n) is 10.5. The van der Waals surface area contributed by atoms with Crippen molar-refractivity contribution in [3.05, 3.63) is 45.9 Å². The van der Waals surface area contributed by atoms with E-state index in [0.29, 0.717) is 30.4 Å². The molecular weight excluding hydrogens is 402 g/mol. The molecule has 0 saturated carbocycles. The first kappa shape index (κ1) is 21.2. The maximum atomic E-state index is 12.8. The van der Waals surface area contributed by atoms with Gasteiger partial charge in [0.05, 0.1) is 30.5 Å². The zero-order valence-electron chi connectivity index (χ0n) is 17.3. The number of hydrogen-bond donors (Lipinski definition) is 1. The molecule has 2 aliphatic heterocycles. The van der Waals surface area contributed by atoms with Gasteiger partial charge in [-0.1, -0.05) is 6.07 Å². The lowest BCUT2D eigenvalue weighted by Gasteiger charge is -2.37. The molecule has 2 atom stereocenters. The van der Waals surface area contributed by atoms with Crippen molar-refractivity contribution in [2.75, 3.05) is 46.1 Å². The van der Waals surface area contributed by atoms with Crippen molar-refractivity contribution in [3.63, 3.8) is 0 Å². The summed E-state index contributed by atoms with van der Waals surface area (Å²) in [7, 11) is 0. The van der Waals surface area contributed by atoms with Gasteiger partial charge >= 0.3 is 0 Å². The Morgan fingerprint density at radius 2 is 2.20 bits per heavy atom. The largest absolute Gasteiger partial charge is 0.487 e. The first-order valence-corrected chi connectivity index (χ1v) is 11.4. The minimum absolute atomic E-state index is 0.0814. The fraction of sp³-hybridized carbons (Fsp3) is 0.545. The number of nitrogens with one attached hydrogen (secondary N) is 1. The van der Waals surface area contributed by atoms with Gasteiger partial charge in [-0.3, -0.25) is 9.69 Å². The molecule has 1 amide bonds. The molecule has 1 N–H and O–H groups in total. The minimum atomic E-state index is -0.0814. The molecule has 2 aromatic rings. The second kappa shape index (κ2) is 10.3. The molecule has 8 heteroatoms. The van der Waals surface area contributed by atoms with Crippen molar-refractivity contribution in [1.29, 1.82) is 0 Å². The summed E-state index contributed by atoms with van der Waals surface area (Å²) in [6, 6.07) is 7.59. The second-order valence-corrected chi connectivity index (χ2v) is 8.79. The van der Waals surface area contributed by atoms with Gasteiger partial charge in [-0.15, -0.1) is 11.3 Å². The molecule has 0 aliphatic carbocycles. The number of ether oxygens (including phenoxy) is 3. The summed E-state index contributed by atoms with van der Waals surface area (Å²) < 4.78 is 16.9. The van der Waals surface area contributed by atoms with E-state index < -0.39 is 0 Å². The monoisotopic (exact) mass is 431 g/mol. The normalized spacial score (nSPS) is 20.8. The van der Waals surface area contributed by atoms with E-state index in [0.717, 1.165) is 56.6 Å². The van der Waals surface area contributed by atoms with E-state index in [4.69, 9.17) is 14.2 Å². The summed E-state index contributed by atoms with van der Waals surface area (Å²) in [5.41, 5.74) is 1.50. The Bertz CT molecular complexity index is 831.